The standard InChI is InChI=1S/C16H21N3O2/c1-5-19-16(20)13(11(3)17)9-14(18-19)12-6-7-15(21-4)10(2)8-12/h6-9,11H,5,17H2,1-4H3. The maximum Gasteiger partial charge on any atom is 0.271 e. The summed E-state index contributed by atoms with van der Waals surface area (Å²) in [5, 5.41) is 4.41. The summed E-state index contributed by atoms with van der Waals surface area (Å²) in [5.74, 6) is 0.829. The lowest BCUT2D eigenvalue weighted by Gasteiger charge is -2.12. The van der Waals surface area contributed by atoms with Gasteiger partial charge in [-0.25, -0.2) is 4.68 Å². The van der Waals surface area contributed by atoms with Crippen molar-refractivity contribution < 1.29 is 4.74 Å². The number of aryl methyl sites for hydroxylation is 2. The SMILES string of the molecule is CCn1nc(-c2ccc(OC)c(C)c2)cc(C(C)N)c1=O. The molecule has 0 saturated carbocycles. The Balaban J connectivity index is 2.61. The summed E-state index contributed by atoms with van der Waals surface area (Å²) in [6, 6.07) is 7.29. The highest BCUT2D eigenvalue weighted by molar-refractivity contribution is 5.62. The van der Waals surface area contributed by atoms with Crippen LogP contribution in [0.3, 0.4) is 0 Å². The molecule has 0 aliphatic carbocycles. The predicted octanol–water partition coefficient (Wildman–Crippen LogP) is 2.27. The lowest BCUT2D eigenvalue weighted by atomic mass is 10.0. The van der Waals surface area contributed by atoms with Crippen molar-refractivity contribution in [3.63, 3.8) is 0 Å². The Kier molecular flexibility index (Phi) is 4.43. The maximum atomic E-state index is 12.2. The van der Waals surface area contributed by atoms with Crippen LogP contribution in [0.2, 0.25) is 0 Å². The number of rotatable bonds is 4. The molecule has 0 radical (unpaired) electrons. The molecule has 0 saturated heterocycles. The molecule has 0 bridgehead atoms. The van der Waals surface area contributed by atoms with Crippen LogP contribution in [-0.4, -0.2) is 16.9 Å². The van der Waals surface area contributed by atoms with Gasteiger partial charge in [0.1, 0.15) is 5.75 Å². The van der Waals surface area contributed by atoms with Gasteiger partial charge in [-0.15, -0.1) is 0 Å². The monoisotopic (exact) mass is 287 g/mol. The van der Waals surface area contributed by atoms with Gasteiger partial charge in [-0.05, 0) is 50.6 Å². The Hall–Kier alpha value is -2.14. The van der Waals surface area contributed by atoms with Gasteiger partial charge in [0.25, 0.3) is 5.56 Å². The molecule has 2 N–H and O–H groups in total. The second-order valence-electron chi connectivity index (χ2n) is 5.08. The van der Waals surface area contributed by atoms with Crippen LogP contribution in [0, 0.1) is 6.92 Å². The molecule has 1 atom stereocenters. The van der Waals surface area contributed by atoms with Crippen molar-refractivity contribution in [1.82, 2.24) is 9.78 Å². The van der Waals surface area contributed by atoms with E-state index >= 15 is 0 Å². The third-order valence-electron chi connectivity index (χ3n) is 3.48. The van der Waals surface area contributed by atoms with Gasteiger partial charge in [0, 0.05) is 23.7 Å². The Labute approximate surface area is 124 Å². The first-order valence-corrected chi connectivity index (χ1v) is 7.00. The van der Waals surface area contributed by atoms with Gasteiger partial charge in [-0.2, -0.15) is 5.10 Å². The summed E-state index contributed by atoms with van der Waals surface area (Å²) in [7, 11) is 1.64. The molecule has 21 heavy (non-hydrogen) atoms. The first-order chi connectivity index (χ1) is 9.97. The van der Waals surface area contributed by atoms with Gasteiger partial charge in [0.05, 0.1) is 12.8 Å². The van der Waals surface area contributed by atoms with Gasteiger partial charge >= 0.3 is 0 Å². The normalized spacial score (nSPS) is 12.2. The van der Waals surface area contributed by atoms with Gasteiger partial charge < -0.3 is 10.5 Å². The lowest BCUT2D eigenvalue weighted by Crippen LogP contribution is -2.29. The number of benzene rings is 1. The summed E-state index contributed by atoms with van der Waals surface area (Å²) in [6.45, 7) is 6.19. The highest BCUT2D eigenvalue weighted by Crippen LogP contribution is 2.25. The number of nitrogens with two attached hydrogens (primary N) is 1. The number of hydrogen-bond donors (Lipinski definition) is 1. The number of hydrogen-bond acceptors (Lipinski definition) is 4. The molecule has 112 valence electrons. The number of methoxy groups -OCH3 is 1. The Morgan fingerprint density at radius 2 is 2.10 bits per heavy atom. The summed E-state index contributed by atoms with van der Waals surface area (Å²) in [4.78, 5) is 12.2. The lowest BCUT2D eigenvalue weighted by molar-refractivity contribution is 0.412. The number of ether oxygens (including phenoxy) is 1. The zero-order valence-corrected chi connectivity index (χ0v) is 12.9. The van der Waals surface area contributed by atoms with Gasteiger partial charge in [0.15, 0.2) is 0 Å². The smallest absolute Gasteiger partial charge is 0.271 e. The number of nitrogens with zero attached hydrogens (tertiary/aromatic N) is 2. The van der Waals surface area contributed by atoms with Crippen molar-refractivity contribution in [3.8, 4) is 17.0 Å². The van der Waals surface area contributed by atoms with Crippen LogP contribution >= 0.6 is 0 Å². The first-order valence-electron chi connectivity index (χ1n) is 7.00. The average molecular weight is 287 g/mol. The topological polar surface area (TPSA) is 70.1 Å². The highest BCUT2D eigenvalue weighted by atomic mass is 16.5. The average Bonchev–Trinajstić information content (AvgIpc) is 2.47. The van der Waals surface area contributed by atoms with E-state index < -0.39 is 0 Å². The zero-order valence-electron chi connectivity index (χ0n) is 12.9. The number of aromatic nitrogens is 2. The third-order valence-corrected chi connectivity index (χ3v) is 3.48. The van der Waals surface area contributed by atoms with E-state index in [-0.39, 0.29) is 11.6 Å². The molecule has 0 spiro atoms. The summed E-state index contributed by atoms with van der Waals surface area (Å²) in [5.41, 5.74) is 9.06. The minimum atomic E-state index is -0.323. The van der Waals surface area contributed by atoms with Crippen LogP contribution in [0.25, 0.3) is 11.3 Å². The molecule has 1 unspecified atom stereocenters. The van der Waals surface area contributed by atoms with E-state index in [2.05, 4.69) is 5.10 Å². The van der Waals surface area contributed by atoms with E-state index in [1.54, 1.807) is 20.1 Å². The largest absolute Gasteiger partial charge is 0.496 e. The summed E-state index contributed by atoms with van der Waals surface area (Å²) >= 11 is 0. The first kappa shape index (κ1) is 15.3. The van der Waals surface area contributed by atoms with Gasteiger partial charge in [-0.3, -0.25) is 4.79 Å². The second-order valence-corrected chi connectivity index (χ2v) is 5.08. The molecular weight excluding hydrogens is 266 g/mol. The fraction of sp³-hybridized carbons (Fsp3) is 0.375. The molecule has 1 aromatic heterocycles. The van der Waals surface area contributed by atoms with E-state index in [4.69, 9.17) is 10.5 Å². The van der Waals surface area contributed by atoms with Gasteiger partial charge in [-0.1, -0.05) is 0 Å². The van der Waals surface area contributed by atoms with E-state index in [1.807, 2.05) is 32.0 Å². The molecule has 5 nitrogen and oxygen atoms in total. The van der Waals surface area contributed by atoms with Crippen LogP contribution in [0.5, 0.6) is 5.75 Å². The third kappa shape index (κ3) is 2.97. The van der Waals surface area contributed by atoms with Crippen molar-refractivity contribution in [2.24, 2.45) is 5.73 Å². The molecule has 1 heterocycles. The molecule has 0 aliphatic rings. The van der Waals surface area contributed by atoms with Crippen LogP contribution in [0.1, 0.15) is 31.0 Å². The van der Waals surface area contributed by atoms with E-state index in [0.717, 1.165) is 22.6 Å². The zero-order chi connectivity index (χ0) is 15.6. The molecule has 1 aromatic carbocycles. The second kappa shape index (κ2) is 6.10. The molecule has 0 fully saturated rings. The molecule has 0 aliphatic heterocycles. The Morgan fingerprint density at radius 3 is 2.62 bits per heavy atom. The van der Waals surface area contributed by atoms with E-state index in [9.17, 15) is 4.79 Å². The summed E-state index contributed by atoms with van der Waals surface area (Å²) in [6.07, 6.45) is 0. The Morgan fingerprint density at radius 1 is 1.38 bits per heavy atom. The highest BCUT2D eigenvalue weighted by Gasteiger charge is 2.13. The summed E-state index contributed by atoms with van der Waals surface area (Å²) < 4.78 is 6.72. The maximum absolute atomic E-state index is 12.2. The van der Waals surface area contributed by atoms with Crippen molar-refractivity contribution >= 4 is 0 Å². The minimum absolute atomic E-state index is 0.124. The molecule has 0 amide bonds. The fourth-order valence-electron chi connectivity index (χ4n) is 2.28. The minimum Gasteiger partial charge on any atom is -0.496 e. The Bertz CT molecular complexity index is 705. The van der Waals surface area contributed by atoms with E-state index in [0.29, 0.717) is 12.1 Å². The van der Waals surface area contributed by atoms with Crippen LogP contribution in [0.4, 0.5) is 0 Å². The molecule has 5 heteroatoms. The predicted molar refractivity (Wildman–Crippen MR) is 83.5 cm³/mol. The fourth-order valence-corrected chi connectivity index (χ4v) is 2.28. The van der Waals surface area contributed by atoms with Crippen molar-refractivity contribution in [1.29, 1.82) is 0 Å². The molecule has 2 aromatic rings. The van der Waals surface area contributed by atoms with Crippen molar-refractivity contribution in [2.75, 3.05) is 7.11 Å². The van der Waals surface area contributed by atoms with Crippen molar-refractivity contribution in [3.05, 3.63) is 45.7 Å². The quantitative estimate of drug-likeness (QED) is 0.936. The van der Waals surface area contributed by atoms with Crippen LogP contribution < -0.4 is 16.0 Å². The molecule has 2 rings (SSSR count). The van der Waals surface area contributed by atoms with Crippen molar-refractivity contribution in [2.45, 2.75) is 33.4 Å². The van der Waals surface area contributed by atoms with Crippen LogP contribution in [0.15, 0.2) is 29.1 Å². The van der Waals surface area contributed by atoms with Gasteiger partial charge in [0.2, 0.25) is 0 Å². The van der Waals surface area contributed by atoms with E-state index in [1.165, 1.54) is 4.68 Å². The molecular formula is C16H21N3O2. The van der Waals surface area contributed by atoms with Crippen LogP contribution in [-0.2, 0) is 6.54 Å².